The van der Waals surface area contributed by atoms with Gasteiger partial charge in [0.2, 0.25) is 5.91 Å². The van der Waals surface area contributed by atoms with Crippen LogP contribution in [-0.2, 0) is 14.3 Å². The first-order chi connectivity index (χ1) is 6.24. The quantitative estimate of drug-likeness (QED) is 0.298. The van der Waals surface area contributed by atoms with Gasteiger partial charge in [0.25, 0.3) is 6.47 Å². The van der Waals surface area contributed by atoms with E-state index in [1.165, 1.54) is 0 Å². The van der Waals surface area contributed by atoms with E-state index in [-0.39, 0.29) is 17.4 Å². The van der Waals surface area contributed by atoms with Crippen molar-refractivity contribution in [3.05, 3.63) is 0 Å². The van der Waals surface area contributed by atoms with Crippen LogP contribution in [0.25, 0.3) is 0 Å². The van der Waals surface area contributed by atoms with Crippen LogP contribution in [0.15, 0.2) is 0 Å². The molecule has 0 aliphatic carbocycles. The fraction of sp³-hybridized carbons (Fsp3) is 0.778. The Labute approximate surface area is 85.0 Å². The smallest absolute Gasteiger partial charge is 0.293 e. The number of rotatable bonds is 2. The highest BCUT2D eigenvalue weighted by Crippen LogP contribution is 2.02. The minimum Gasteiger partial charge on any atom is -0.462 e. The van der Waals surface area contributed by atoms with Crippen LogP contribution in [0, 0.1) is 5.92 Å². The van der Waals surface area contributed by atoms with Gasteiger partial charge in [0.05, 0.1) is 0 Å². The molecule has 0 aromatic rings. The maximum absolute atomic E-state index is 10.3. The topological polar surface area (TPSA) is 81.4 Å². The van der Waals surface area contributed by atoms with Crippen molar-refractivity contribution in [1.29, 1.82) is 0 Å². The minimum atomic E-state index is -0.318. The van der Waals surface area contributed by atoms with Crippen molar-refractivity contribution in [3.63, 3.8) is 0 Å². The fourth-order valence-corrected chi connectivity index (χ4v) is 0.311. The van der Waals surface area contributed by atoms with Gasteiger partial charge in [-0.05, 0) is 20.8 Å². The van der Waals surface area contributed by atoms with Crippen LogP contribution in [0.3, 0.4) is 0 Å². The summed E-state index contributed by atoms with van der Waals surface area (Å²) in [5.41, 5.74) is 1.71. The molecule has 0 radical (unpaired) electrons. The normalized spacial score (nSPS) is 9.93. The van der Waals surface area contributed by atoms with Gasteiger partial charge in [-0.15, -0.1) is 0 Å². The van der Waals surface area contributed by atoms with E-state index in [1.54, 1.807) is 13.8 Å². The predicted molar refractivity (Wildman–Crippen MR) is 54.1 cm³/mol. The highest BCUT2D eigenvalue weighted by atomic mass is 16.5. The molecule has 0 aromatic carbocycles. The predicted octanol–water partition coefficient (Wildman–Crippen LogP) is 0.590. The molecule has 0 aliphatic heterocycles. The maximum Gasteiger partial charge on any atom is 0.293 e. The molecule has 84 valence electrons. The molecule has 0 unspecified atom stereocenters. The summed E-state index contributed by atoms with van der Waals surface area (Å²) in [7, 11) is 0. The molecule has 0 bridgehead atoms. The number of nitrogens with two attached hydrogens (primary N) is 1. The summed E-state index contributed by atoms with van der Waals surface area (Å²) in [5.74, 6) is 4.64. The molecule has 0 rings (SSSR count). The van der Waals surface area contributed by atoms with Gasteiger partial charge in [-0.3, -0.25) is 15.0 Å². The summed E-state index contributed by atoms with van der Waals surface area (Å²) < 4.78 is 4.55. The van der Waals surface area contributed by atoms with Crippen LogP contribution in [0.2, 0.25) is 0 Å². The first-order valence-corrected chi connectivity index (χ1v) is 4.36. The molecule has 14 heavy (non-hydrogen) atoms. The van der Waals surface area contributed by atoms with Crippen LogP contribution in [0.1, 0.15) is 34.6 Å². The van der Waals surface area contributed by atoms with E-state index in [4.69, 9.17) is 5.84 Å². The molecule has 0 aliphatic rings. The van der Waals surface area contributed by atoms with Gasteiger partial charge in [0.1, 0.15) is 5.60 Å². The summed E-state index contributed by atoms with van der Waals surface area (Å²) in [5, 5.41) is 0. The van der Waals surface area contributed by atoms with E-state index in [9.17, 15) is 9.59 Å². The number of hydrogen-bond donors (Lipinski definition) is 2. The monoisotopic (exact) mass is 204 g/mol. The van der Waals surface area contributed by atoms with E-state index >= 15 is 0 Å². The molecular weight excluding hydrogens is 184 g/mol. The van der Waals surface area contributed by atoms with Gasteiger partial charge >= 0.3 is 0 Å². The van der Waals surface area contributed by atoms with E-state index in [1.807, 2.05) is 26.2 Å². The Morgan fingerprint density at radius 3 is 1.86 bits per heavy atom. The highest BCUT2D eigenvalue weighted by molar-refractivity contribution is 5.77. The Bertz CT molecular complexity index is 173. The molecule has 0 saturated heterocycles. The number of hydrazine groups is 1. The number of ether oxygens (including phenoxy) is 1. The van der Waals surface area contributed by atoms with E-state index < -0.39 is 0 Å². The third kappa shape index (κ3) is 13.5. The van der Waals surface area contributed by atoms with Crippen molar-refractivity contribution in [3.8, 4) is 0 Å². The van der Waals surface area contributed by atoms with Crippen LogP contribution in [0.4, 0.5) is 0 Å². The van der Waals surface area contributed by atoms with Crippen molar-refractivity contribution >= 4 is 12.4 Å². The summed E-state index contributed by atoms with van der Waals surface area (Å²) in [6.07, 6.45) is 0. The van der Waals surface area contributed by atoms with Crippen LogP contribution in [-0.4, -0.2) is 18.0 Å². The zero-order valence-electron chi connectivity index (χ0n) is 9.46. The minimum absolute atomic E-state index is 0.00926. The lowest BCUT2D eigenvalue weighted by Crippen LogP contribution is -2.33. The largest absolute Gasteiger partial charge is 0.462 e. The maximum atomic E-state index is 10.3. The average molecular weight is 204 g/mol. The van der Waals surface area contributed by atoms with Gasteiger partial charge in [-0.2, -0.15) is 0 Å². The van der Waals surface area contributed by atoms with Gasteiger partial charge in [-0.25, -0.2) is 5.84 Å². The molecule has 0 spiro atoms. The van der Waals surface area contributed by atoms with Crippen molar-refractivity contribution in [2.75, 3.05) is 0 Å². The van der Waals surface area contributed by atoms with Gasteiger partial charge in [0.15, 0.2) is 0 Å². The molecule has 3 N–H and O–H groups in total. The summed E-state index contributed by atoms with van der Waals surface area (Å²) in [6.45, 7) is 9.48. The van der Waals surface area contributed by atoms with Crippen molar-refractivity contribution in [2.45, 2.75) is 40.2 Å². The number of hydrogen-bond acceptors (Lipinski definition) is 4. The Kier molecular flexibility index (Phi) is 8.04. The van der Waals surface area contributed by atoms with Crippen LogP contribution >= 0.6 is 0 Å². The molecule has 0 aromatic heterocycles. The molecular formula is C9H20N2O3. The molecule has 0 saturated carbocycles. The highest BCUT2D eigenvalue weighted by Gasteiger charge is 2.07. The van der Waals surface area contributed by atoms with Crippen molar-refractivity contribution in [2.24, 2.45) is 11.8 Å². The Balaban J connectivity index is 0. The first-order valence-electron chi connectivity index (χ1n) is 4.36. The second kappa shape index (κ2) is 7.32. The Morgan fingerprint density at radius 1 is 1.43 bits per heavy atom. The number of carbonyl (C=O) groups excluding carboxylic acids is 2. The third-order valence-electron chi connectivity index (χ3n) is 1.07. The SMILES string of the molecule is CC(C)(C)OC=O.CC(C)C(=O)NN. The fourth-order valence-electron chi connectivity index (χ4n) is 0.311. The lowest BCUT2D eigenvalue weighted by molar-refractivity contribution is -0.138. The lowest BCUT2D eigenvalue weighted by atomic mass is 10.2. The summed E-state index contributed by atoms with van der Waals surface area (Å²) in [4.78, 5) is 19.9. The average Bonchev–Trinajstić information content (AvgIpc) is 2.01. The Morgan fingerprint density at radius 2 is 1.86 bits per heavy atom. The van der Waals surface area contributed by atoms with E-state index in [0.717, 1.165) is 0 Å². The summed E-state index contributed by atoms with van der Waals surface area (Å²) >= 11 is 0. The van der Waals surface area contributed by atoms with Crippen molar-refractivity contribution in [1.82, 2.24) is 5.43 Å². The van der Waals surface area contributed by atoms with E-state index in [2.05, 4.69) is 4.74 Å². The zero-order valence-corrected chi connectivity index (χ0v) is 9.46. The first kappa shape index (κ1) is 15.4. The molecule has 5 heteroatoms. The molecule has 1 amide bonds. The zero-order chi connectivity index (χ0) is 11.8. The van der Waals surface area contributed by atoms with Crippen LogP contribution in [0.5, 0.6) is 0 Å². The number of nitrogens with one attached hydrogen (secondary N) is 1. The van der Waals surface area contributed by atoms with Gasteiger partial charge in [0, 0.05) is 5.92 Å². The summed E-state index contributed by atoms with van der Waals surface area (Å²) in [6, 6.07) is 0. The molecule has 0 heterocycles. The second-order valence-electron chi connectivity index (χ2n) is 3.99. The van der Waals surface area contributed by atoms with Gasteiger partial charge < -0.3 is 4.74 Å². The van der Waals surface area contributed by atoms with E-state index in [0.29, 0.717) is 6.47 Å². The number of amides is 1. The lowest BCUT2D eigenvalue weighted by Gasteiger charge is -2.14. The molecule has 5 nitrogen and oxygen atoms in total. The molecule has 0 atom stereocenters. The van der Waals surface area contributed by atoms with Gasteiger partial charge in [-0.1, -0.05) is 13.8 Å². The van der Waals surface area contributed by atoms with Crippen LogP contribution < -0.4 is 11.3 Å². The standard InChI is InChI=1S/C5H10O2.C4H10N2O/c1-5(2,3)7-4-6;1-3(2)4(7)6-5/h4H,1-3H3;3H,5H2,1-2H3,(H,6,7). The number of carbonyl (C=O) groups is 2. The third-order valence-corrected chi connectivity index (χ3v) is 1.07. The second-order valence-corrected chi connectivity index (χ2v) is 3.99. The molecule has 0 fully saturated rings. The Hall–Kier alpha value is -1.10. The van der Waals surface area contributed by atoms with Crippen molar-refractivity contribution < 1.29 is 14.3 Å².